The highest BCUT2D eigenvalue weighted by Crippen LogP contribution is 2.20. The number of nitrogens with one attached hydrogen (secondary N) is 1. The van der Waals surface area contributed by atoms with Gasteiger partial charge in [-0.25, -0.2) is 14.9 Å². The van der Waals surface area contributed by atoms with E-state index in [0.29, 0.717) is 12.1 Å². The Balaban J connectivity index is 2.81. The van der Waals surface area contributed by atoms with Crippen molar-refractivity contribution in [3.05, 3.63) is 29.8 Å². The first-order valence-electron chi connectivity index (χ1n) is 6.53. The van der Waals surface area contributed by atoms with Gasteiger partial charge in [-0.1, -0.05) is 18.2 Å². The molecule has 0 aliphatic carbocycles. The van der Waals surface area contributed by atoms with Crippen molar-refractivity contribution in [3.63, 3.8) is 0 Å². The lowest BCUT2D eigenvalue weighted by molar-refractivity contribution is 0.193. The molecule has 0 aromatic heterocycles. The topological polar surface area (TPSA) is 124 Å². The summed E-state index contributed by atoms with van der Waals surface area (Å²) >= 11 is 0. The second kappa shape index (κ2) is 7.76. The molecule has 1 aromatic carbocycles. The molecule has 0 spiro atoms. The Hall–Kier alpha value is -2.13. The molecule has 0 saturated carbocycles. The van der Waals surface area contributed by atoms with Gasteiger partial charge in [0.15, 0.2) is 0 Å². The quantitative estimate of drug-likeness (QED) is 0.540. The molecular formula is C13H18N2O6S. The Kier molecular flexibility index (Phi) is 6.32. The highest BCUT2D eigenvalue weighted by Gasteiger charge is 2.19. The predicted octanol–water partition coefficient (Wildman–Crippen LogP) is 1.86. The molecule has 0 heterocycles. The average Bonchev–Trinajstić information content (AvgIpc) is 2.38. The van der Waals surface area contributed by atoms with Crippen LogP contribution in [0.3, 0.4) is 0 Å². The maximum Gasteiger partial charge on any atom is 0.412 e. The molecule has 0 unspecified atom stereocenters. The Bertz CT molecular complexity index is 644. The van der Waals surface area contributed by atoms with Gasteiger partial charge in [0.05, 0.1) is 5.75 Å². The molecule has 1 rings (SSSR count). The number of carbonyl (C=O) groups excluding carboxylic acids is 1. The first kappa shape index (κ1) is 17.9. The molecule has 8 nitrogen and oxygen atoms in total. The highest BCUT2D eigenvalue weighted by molar-refractivity contribution is 7.85. The second-order valence-corrected chi connectivity index (χ2v) is 6.24. The number of rotatable bonds is 6. The summed E-state index contributed by atoms with van der Waals surface area (Å²) in [6, 6.07) is 6.12. The highest BCUT2D eigenvalue weighted by atomic mass is 32.2. The largest absolute Gasteiger partial charge is 0.465 e. The molecule has 1 aromatic rings. The minimum absolute atomic E-state index is 0.124. The Morgan fingerprint density at radius 3 is 2.41 bits per heavy atom. The fourth-order valence-electron chi connectivity index (χ4n) is 1.91. The summed E-state index contributed by atoms with van der Waals surface area (Å²) in [4.78, 5) is 23.8. The number of imide groups is 1. The predicted molar refractivity (Wildman–Crippen MR) is 80.7 cm³/mol. The van der Waals surface area contributed by atoms with E-state index in [1.165, 1.54) is 4.90 Å². The average molecular weight is 330 g/mol. The number of hydrogen-bond donors (Lipinski definition) is 3. The first-order chi connectivity index (χ1) is 10.2. The summed E-state index contributed by atoms with van der Waals surface area (Å²) in [5, 5.41) is 10.4. The van der Waals surface area contributed by atoms with E-state index >= 15 is 0 Å². The van der Waals surface area contributed by atoms with Gasteiger partial charge in [0.1, 0.15) is 0 Å². The van der Waals surface area contributed by atoms with Crippen molar-refractivity contribution in [2.45, 2.75) is 19.8 Å². The molecule has 3 amide bonds. The SMILES string of the molecule is Cc1ccccc1N(CCCCS(=O)(=O)O)C(=O)NC(=O)O. The first-order valence-corrected chi connectivity index (χ1v) is 8.14. The van der Waals surface area contributed by atoms with Crippen molar-refractivity contribution in [1.82, 2.24) is 5.32 Å². The number of carbonyl (C=O) groups is 2. The molecule has 0 fully saturated rings. The number of benzene rings is 1. The number of anilines is 1. The Labute approximate surface area is 128 Å². The van der Waals surface area contributed by atoms with Crippen LogP contribution in [0.4, 0.5) is 15.3 Å². The van der Waals surface area contributed by atoms with Crippen LogP contribution < -0.4 is 10.2 Å². The zero-order valence-electron chi connectivity index (χ0n) is 12.0. The molecule has 3 N–H and O–H groups in total. The van der Waals surface area contributed by atoms with E-state index in [1.807, 2.05) is 0 Å². The normalized spacial score (nSPS) is 11.0. The van der Waals surface area contributed by atoms with E-state index in [4.69, 9.17) is 9.66 Å². The van der Waals surface area contributed by atoms with Crippen molar-refractivity contribution in [2.24, 2.45) is 0 Å². The Morgan fingerprint density at radius 1 is 1.23 bits per heavy atom. The van der Waals surface area contributed by atoms with Crippen LogP contribution in [0.25, 0.3) is 0 Å². The van der Waals surface area contributed by atoms with Crippen LogP contribution in [0.1, 0.15) is 18.4 Å². The number of para-hydroxylation sites is 1. The van der Waals surface area contributed by atoms with E-state index in [9.17, 15) is 18.0 Å². The molecule has 0 atom stereocenters. The molecule has 22 heavy (non-hydrogen) atoms. The number of unbranched alkanes of at least 4 members (excludes halogenated alkanes) is 1. The van der Waals surface area contributed by atoms with Gasteiger partial charge in [-0.2, -0.15) is 8.42 Å². The zero-order chi connectivity index (χ0) is 16.8. The summed E-state index contributed by atoms with van der Waals surface area (Å²) in [7, 11) is -4.05. The lowest BCUT2D eigenvalue weighted by atomic mass is 10.1. The summed E-state index contributed by atoms with van der Waals surface area (Å²) in [5.41, 5.74) is 1.31. The van der Waals surface area contributed by atoms with Gasteiger partial charge in [0.2, 0.25) is 0 Å². The third-order valence-corrected chi connectivity index (χ3v) is 3.70. The van der Waals surface area contributed by atoms with E-state index < -0.39 is 28.0 Å². The zero-order valence-corrected chi connectivity index (χ0v) is 12.8. The smallest absolute Gasteiger partial charge is 0.412 e. The van der Waals surface area contributed by atoms with Gasteiger partial charge in [-0.15, -0.1) is 0 Å². The number of carboxylic acid groups (broad SMARTS) is 1. The van der Waals surface area contributed by atoms with Crippen molar-refractivity contribution in [1.29, 1.82) is 0 Å². The summed E-state index contributed by atoms with van der Waals surface area (Å²) in [6.07, 6.45) is -1.02. The molecule has 0 radical (unpaired) electrons. The van der Waals surface area contributed by atoms with Gasteiger partial charge >= 0.3 is 12.1 Å². The number of urea groups is 1. The van der Waals surface area contributed by atoms with Crippen molar-refractivity contribution < 1.29 is 27.7 Å². The van der Waals surface area contributed by atoms with Crippen LogP contribution in [0.2, 0.25) is 0 Å². The molecule has 0 bridgehead atoms. The lowest BCUT2D eigenvalue weighted by Gasteiger charge is -2.23. The van der Waals surface area contributed by atoms with Gasteiger partial charge in [-0.05, 0) is 31.4 Å². The van der Waals surface area contributed by atoms with Crippen LogP contribution in [-0.2, 0) is 10.1 Å². The minimum atomic E-state index is -4.05. The monoisotopic (exact) mass is 330 g/mol. The molecule has 0 aliphatic heterocycles. The number of aryl methyl sites for hydroxylation is 1. The third kappa shape index (κ3) is 6.10. The number of hydrogen-bond acceptors (Lipinski definition) is 4. The number of nitrogens with zero attached hydrogens (tertiary/aromatic N) is 1. The minimum Gasteiger partial charge on any atom is -0.465 e. The standard InChI is InChI=1S/C13H18N2O6S/c1-10-6-2-3-7-11(10)15(12(16)14-13(17)18)8-4-5-9-22(19,20)21/h2-3,6-7H,4-5,8-9H2,1H3,(H,14,16)(H,17,18)(H,19,20,21). The van der Waals surface area contributed by atoms with Crippen LogP contribution >= 0.6 is 0 Å². The van der Waals surface area contributed by atoms with E-state index in [0.717, 1.165) is 5.56 Å². The lowest BCUT2D eigenvalue weighted by Crippen LogP contribution is -2.43. The van der Waals surface area contributed by atoms with Crippen LogP contribution in [0.5, 0.6) is 0 Å². The van der Waals surface area contributed by atoms with Crippen molar-refractivity contribution in [2.75, 3.05) is 17.2 Å². The maximum absolute atomic E-state index is 12.0. The summed E-state index contributed by atoms with van der Waals surface area (Å²) < 4.78 is 30.0. The number of amides is 3. The van der Waals surface area contributed by atoms with Crippen molar-refractivity contribution >= 4 is 27.9 Å². The van der Waals surface area contributed by atoms with E-state index in [2.05, 4.69) is 0 Å². The van der Waals surface area contributed by atoms with E-state index in [-0.39, 0.29) is 13.0 Å². The van der Waals surface area contributed by atoms with Crippen LogP contribution in [0, 0.1) is 6.92 Å². The molecule has 9 heteroatoms. The second-order valence-electron chi connectivity index (χ2n) is 4.67. The fraction of sp³-hybridized carbons (Fsp3) is 0.385. The van der Waals surface area contributed by atoms with Crippen molar-refractivity contribution in [3.8, 4) is 0 Å². The summed E-state index contributed by atoms with van der Waals surface area (Å²) in [6.45, 7) is 1.90. The summed E-state index contributed by atoms with van der Waals surface area (Å²) in [5.74, 6) is -0.408. The third-order valence-electron chi connectivity index (χ3n) is 2.90. The fourth-order valence-corrected chi connectivity index (χ4v) is 2.48. The van der Waals surface area contributed by atoms with E-state index in [1.54, 1.807) is 36.5 Å². The molecule has 0 aliphatic rings. The van der Waals surface area contributed by atoms with Crippen LogP contribution in [-0.4, -0.2) is 42.5 Å². The molecular weight excluding hydrogens is 312 g/mol. The van der Waals surface area contributed by atoms with Gasteiger partial charge in [0.25, 0.3) is 10.1 Å². The maximum atomic E-state index is 12.0. The molecule has 122 valence electrons. The Morgan fingerprint density at radius 2 is 1.86 bits per heavy atom. The molecule has 0 saturated heterocycles. The van der Waals surface area contributed by atoms with Crippen LogP contribution in [0.15, 0.2) is 24.3 Å². The van der Waals surface area contributed by atoms with Gasteiger partial charge < -0.3 is 5.11 Å². The van der Waals surface area contributed by atoms with Gasteiger partial charge in [-0.3, -0.25) is 9.45 Å². The van der Waals surface area contributed by atoms with Gasteiger partial charge in [0, 0.05) is 12.2 Å².